The van der Waals surface area contributed by atoms with E-state index in [2.05, 4.69) is 23.0 Å². The average molecular weight is 201 g/mol. The van der Waals surface area contributed by atoms with Crippen LogP contribution in [0.2, 0.25) is 0 Å². The predicted octanol–water partition coefficient (Wildman–Crippen LogP) is 2.33. The minimum absolute atomic E-state index is 0.603. The van der Waals surface area contributed by atoms with Gasteiger partial charge in [0.2, 0.25) is 0 Å². The molecule has 0 spiro atoms. The van der Waals surface area contributed by atoms with Crippen LogP contribution in [0.5, 0.6) is 0 Å². The van der Waals surface area contributed by atoms with Crippen LogP contribution in [0.1, 0.15) is 31.2 Å². The van der Waals surface area contributed by atoms with Crippen LogP contribution in [0, 0.1) is 11.3 Å². The number of hydrogen-bond acceptors (Lipinski definition) is 3. The molecule has 1 saturated carbocycles. The van der Waals surface area contributed by atoms with Crippen molar-refractivity contribution in [1.82, 2.24) is 4.98 Å². The Morgan fingerprint density at radius 3 is 2.87 bits per heavy atom. The lowest BCUT2D eigenvalue weighted by Gasteiger charge is -2.25. The molecule has 2 rings (SSSR count). The van der Waals surface area contributed by atoms with Crippen molar-refractivity contribution >= 4 is 5.82 Å². The maximum absolute atomic E-state index is 8.81. The highest BCUT2D eigenvalue weighted by molar-refractivity contribution is 5.45. The highest BCUT2D eigenvalue weighted by atomic mass is 15.2. The Hall–Kier alpha value is -1.56. The van der Waals surface area contributed by atoms with Gasteiger partial charge in [-0.3, -0.25) is 0 Å². The van der Waals surface area contributed by atoms with Gasteiger partial charge in [0.25, 0.3) is 0 Å². The van der Waals surface area contributed by atoms with Crippen LogP contribution < -0.4 is 4.90 Å². The molecule has 1 aliphatic carbocycles. The summed E-state index contributed by atoms with van der Waals surface area (Å²) in [5.74, 6) is 0.918. The van der Waals surface area contributed by atoms with E-state index in [-0.39, 0.29) is 0 Å². The molecule has 0 radical (unpaired) electrons. The molecule has 0 saturated heterocycles. The minimum atomic E-state index is 0.603. The molecule has 0 N–H and O–H groups in total. The second kappa shape index (κ2) is 4.31. The molecule has 15 heavy (non-hydrogen) atoms. The normalized spacial score (nSPS) is 16.3. The third-order valence-electron chi connectivity index (χ3n) is 3.11. The quantitative estimate of drug-likeness (QED) is 0.737. The Bertz CT molecular complexity index is 375. The monoisotopic (exact) mass is 201 g/mol. The summed E-state index contributed by atoms with van der Waals surface area (Å²) in [5.41, 5.74) is 0.685. The summed E-state index contributed by atoms with van der Waals surface area (Å²) >= 11 is 0. The fourth-order valence-electron chi connectivity index (χ4n) is 2.16. The largest absolute Gasteiger partial charge is 0.357 e. The first-order valence-electron chi connectivity index (χ1n) is 5.40. The van der Waals surface area contributed by atoms with Crippen molar-refractivity contribution in [1.29, 1.82) is 5.26 Å². The van der Waals surface area contributed by atoms with Crippen molar-refractivity contribution in [2.75, 3.05) is 11.9 Å². The number of hydrogen-bond donors (Lipinski definition) is 0. The van der Waals surface area contributed by atoms with E-state index in [1.54, 1.807) is 12.3 Å². The number of rotatable bonds is 2. The Kier molecular flexibility index (Phi) is 2.86. The first-order chi connectivity index (χ1) is 7.31. The number of nitrogens with zero attached hydrogens (tertiary/aromatic N) is 3. The maximum atomic E-state index is 8.81. The third-order valence-corrected chi connectivity index (χ3v) is 3.11. The lowest BCUT2D eigenvalue weighted by Crippen LogP contribution is -2.29. The Balaban J connectivity index is 2.17. The van der Waals surface area contributed by atoms with Gasteiger partial charge in [0.1, 0.15) is 5.82 Å². The van der Waals surface area contributed by atoms with Gasteiger partial charge < -0.3 is 4.90 Å². The zero-order chi connectivity index (χ0) is 10.7. The van der Waals surface area contributed by atoms with E-state index < -0.39 is 0 Å². The van der Waals surface area contributed by atoms with Crippen LogP contribution in [0.25, 0.3) is 0 Å². The molecule has 3 nitrogen and oxygen atoms in total. The molecule has 0 atom stereocenters. The van der Waals surface area contributed by atoms with Crippen molar-refractivity contribution in [3.63, 3.8) is 0 Å². The second-order valence-corrected chi connectivity index (χ2v) is 4.06. The van der Waals surface area contributed by atoms with Gasteiger partial charge >= 0.3 is 0 Å². The lowest BCUT2D eigenvalue weighted by atomic mass is 10.2. The highest BCUT2D eigenvalue weighted by Gasteiger charge is 2.20. The first kappa shape index (κ1) is 9.97. The molecular weight excluding hydrogens is 186 g/mol. The van der Waals surface area contributed by atoms with Crippen molar-refractivity contribution in [3.8, 4) is 6.07 Å². The fraction of sp³-hybridized carbons (Fsp3) is 0.500. The molecule has 1 aromatic heterocycles. The third kappa shape index (κ3) is 2.10. The molecule has 0 aliphatic heterocycles. The summed E-state index contributed by atoms with van der Waals surface area (Å²) in [6, 6.07) is 6.35. The topological polar surface area (TPSA) is 39.9 Å². The molecule has 78 valence electrons. The van der Waals surface area contributed by atoms with E-state index >= 15 is 0 Å². The molecule has 1 aromatic rings. The average Bonchev–Trinajstić information content (AvgIpc) is 2.81. The van der Waals surface area contributed by atoms with E-state index in [1.165, 1.54) is 25.7 Å². The van der Waals surface area contributed by atoms with Gasteiger partial charge in [0.05, 0.1) is 11.6 Å². The summed E-state index contributed by atoms with van der Waals surface area (Å²) < 4.78 is 0. The number of pyridine rings is 1. The van der Waals surface area contributed by atoms with Gasteiger partial charge in [-0.1, -0.05) is 12.8 Å². The summed E-state index contributed by atoms with van der Waals surface area (Å²) in [6.45, 7) is 0. The predicted molar refractivity (Wildman–Crippen MR) is 59.6 cm³/mol. The van der Waals surface area contributed by atoms with Gasteiger partial charge in [-0.05, 0) is 25.0 Å². The summed E-state index contributed by atoms with van der Waals surface area (Å²) in [4.78, 5) is 6.51. The molecule has 0 bridgehead atoms. The van der Waals surface area contributed by atoms with Crippen LogP contribution >= 0.6 is 0 Å². The number of anilines is 1. The smallest absolute Gasteiger partial charge is 0.129 e. The molecule has 3 heteroatoms. The van der Waals surface area contributed by atoms with E-state index in [9.17, 15) is 0 Å². The molecule has 0 unspecified atom stereocenters. The van der Waals surface area contributed by atoms with E-state index in [0.29, 0.717) is 11.6 Å². The molecular formula is C12H15N3. The Labute approximate surface area is 90.4 Å². The van der Waals surface area contributed by atoms with Crippen LogP contribution in [0.3, 0.4) is 0 Å². The van der Waals surface area contributed by atoms with Crippen LogP contribution in [-0.2, 0) is 0 Å². The van der Waals surface area contributed by atoms with E-state index in [1.807, 2.05) is 6.07 Å². The second-order valence-electron chi connectivity index (χ2n) is 4.06. The molecule has 0 amide bonds. The summed E-state index contributed by atoms with van der Waals surface area (Å²) in [6.07, 6.45) is 6.82. The molecule has 1 aliphatic rings. The van der Waals surface area contributed by atoms with E-state index in [4.69, 9.17) is 5.26 Å². The summed E-state index contributed by atoms with van der Waals surface area (Å²) in [7, 11) is 2.07. The van der Waals surface area contributed by atoms with Crippen molar-refractivity contribution in [3.05, 3.63) is 23.9 Å². The van der Waals surface area contributed by atoms with Crippen LogP contribution in [0.15, 0.2) is 18.3 Å². The molecule has 1 fully saturated rings. The molecule has 1 heterocycles. The standard InChI is InChI=1S/C12H15N3/c1-15(11-4-2-3-5-11)12-8-10(9-13)6-7-14-12/h6-8,11H,2-5H2,1H3. The fourth-order valence-corrected chi connectivity index (χ4v) is 2.16. The van der Waals surface area contributed by atoms with Gasteiger partial charge in [0, 0.05) is 19.3 Å². The van der Waals surface area contributed by atoms with Gasteiger partial charge in [0.15, 0.2) is 0 Å². The van der Waals surface area contributed by atoms with Crippen LogP contribution in [-0.4, -0.2) is 18.1 Å². The maximum Gasteiger partial charge on any atom is 0.129 e. The Morgan fingerprint density at radius 2 is 2.20 bits per heavy atom. The zero-order valence-corrected chi connectivity index (χ0v) is 8.98. The lowest BCUT2D eigenvalue weighted by molar-refractivity contribution is 0.646. The van der Waals surface area contributed by atoms with Gasteiger partial charge in [-0.2, -0.15) is 5.26 Å². The SMILES string of the molecule is CN(c1cc(C#N)ccn1)C1CCCC1. The number of nitriles is 1. The van der Waals surface area contributed by atoms with E-state index in [0.717, 1.165) is 5.82 Å². The van der Waals surface area contributed by atoms with Crippen molar-refractivity contribution < 1.29 is 0 Å². The highest BCUT2D eigenvalue weighted by Crippen LogP contribution is 2.25. The number of aromatic nitrogens is 1. The summed E-state index contributed by atoms with van der Waals surface area (Å²) in [5, 5.41) is 8.81. The van der Waals surface area contributed by atoms with Gasteiger partial charge in [-0.15, -0.1) is 0 Å². The van der Waals surface area contributed by atoms with Crippen molar-refractivity contribution in [2.24, 2.45) is 0 Å². The first-order valence-corrected chi connectivity index (χ1v) is 5.40. The van der Waals surface area contributed by atoms with Crippen LogP contribution in [0.4, 0.5) is 5.82 Å². The molecule has 0 aromatic carbocycles. The minimum Gasteiger partial charge on any atom is -0.357 e. The van der Waals surface area contributed by atoms with Gasteiger partial charge in [-0.25, -0.2) is 4.98 Å². The van der Waals surface area contributed by atoms with Crippen molar-refractivity contribution in [2.45, 2.75) is 31.7 Å². The Morgan fingerprint density at radius 1 is 1.47 bits per heavy atom. The zero-order valence-electron chi connectivity index (χ0n) is 8.98.